The van der Waals surface area contributed by atoms with E-state index in [1.54, 1.807) is 24.3 Å². The Bertz CT molecular complexity index is 702. The summed E-state index contributed by atoms with van der Waals surface area (Å²) >= 11 is 14.8. The molecule has 7 heteroatoms. The molecule has 1 N–H and O–H groups in total. The Labute approximate surface area is 129 Å². The number of sulfonamides is 1. The highest BCUT2D eigenvalue weighted by atomic mass is 79.9. The summed E-state index contributed by atoms with van der Waals surface area (Å²) in [6.07, 6.45) is 0. The lowest BCUT2D eigenvalue weighted by Gasteiger charge is -2.08. The highest BCUT2D eigenvalue weighted by molar-refractivity contribution is 9.10. The number of hydrogen-bond acceptors (Lipinski definition) is 2. The fourth-order valence-electron chi connectivity index (χ4n) is 1.38. The number of benzene rings is 2. The van der Waals surface area contributed by atoms with Gasteiger partial charge >= 0.3 is 0 Å². The summed E-state index contributed by atoms with van der Waals surface area (Å²) in [5, 5.41) is 0.989. The first-order valence-corrected chi connectivity index (χ1v) is 8.15. The van der Waals surface area contributed by atoms with Gasteiger partial charge < -0.3 is 0 Å². The quantitative estimate of drug-likeness (QED) is 0.848. The monoisotopic (exact) mass is 379 g/mol. The van der Waals surface area contributed by atoms with Crippen molar-refractivity contribution in [2.45, 2.75) is 4.90 Å². The summed E-state index contributed by atoms with van der Waals surface area (Å²) in [5.74, 6) is 0. The second-order valence-corrected chi connectivity index (χ2v) is 7.07. The summed E-state index contributed by atoms with van der Waals surface area (Å²) in [6.45, 7) is 0. The Morgan fingerprint density at radius 2 is 1.63 bits per heavy atom. The molecule has 0 unspecified atom stereocenters. The van der Waals surface area contributed by atoms with Crippen LogP contribution in [0.2, 0.25) is 10.0 Å². The van der Waals surface area contributed by atoms with Crippen LogP contribution in [-0.2, 0) is 10.0 Å². The molecule has 3 nitrogen and oxygen atoms in total. The summed E-state index contributed by atoms with van der Waals surface area (Å²) in [4.78, 5) is 0.124. The standard InChI is InChI=1S/C12H8BrCl2NO2S/c13-11-7-10(5-6-12(11)15)19(17,18)16-9-3-1-8(14)2-4-9/h1-7,16H. The van der Waals surface area contributed by atoms with Crippen LogP contribution in [0.3, 0.4) is 0 Å². The van der Waals surface area contributed by atoms with E-state index in [2.05, 4.69) is 20.7 Å². The van der Waals surface area contributed by atoms with E-state index in [1.807, 2.05) is 0 Å². The molecule has 0 aromatic heterocycles. The van der Waals surface area contributed by atoms with Crippen molar-refractivity contribution in [3.8, 4) is 0 Å². The molecule has 0 heterocycles. The first-order valence-electron chi connectivity index (χ1n) is 5.12. The van der Waals surface area contributed by atoms with E-state index in [1.165, 1.54) is 18.2 Å². The average Bonchev–Trinajstić information content (AvgIpc) is 2.35. The van der Waals surface area contributed by atoms with Crippen LogP contribution < -0.4 is 4.72 Å². The van der Waals surface area contributed by atoms with E-state index in [0.29, 0.717) is 20.2 Å². The lowest BCUT2D eigenvalue weighted by molar-refractivity contribution is 0.601. The molecule has 2 rings (SSSR count). The zero-order valence-corrected chi connectivity index (χ0v) is 13.3. The predicted molar refractivity (Wildman–Crippen MR) is 81.4 cm³/mol. The Kier molecular flexibility index (Phi) is 4.40. The Balaban J connectivity index is 2.32. The maximum Gasteiger partial charge on any atom is 0.261 e. The van der Waals surface area contributed by atoms with E-state index in [0.717, 1.165) is 0 Å². The number of rotatable bonds is 3. The smallest absolute Gasteiger partial charge is 0.261 e. The molecule has 2 aromatic carbocycles. The van der Waals surface area contributed by atoms with Crippen molar-refractivity contribution < 1.29 is 8.42 Å². The van der Waals surface area contributed by atoms with Gasteiger partial charge in [0.25, 0.3) is 10.0 Å². The molecule has 0 amide bonds. The molecule has 0 bridgehead atoms. The van der Waals surface area contributed by atoms with Gasteiger partial charge in [-0.1, -0.05) is 23.2 Å². The Morgan fingerprint density at radius 3 is 2.21 bits per heavy atom. The third-order valence-corrected chi connectivity index (χ3v) is 5.14. The molecule has 0 atom stereocenters. The fraction of sp³-hybridized carbons (Fsp3) is 0. The van der Waals surface area contributed by atoms with Crippen LogP contribution in [0.4, 0.5) is 5.69 Å². The molecule has 0 spiro atoms. The van der Waals surface area contributed by atoms with E-state index in [4.69, 9.17) is 23.2 Å². The second kappa shape index (κ2) is 5.71. The number of nitrogens with one attached hydrogen (secondary N) is 1. The fourth-order valence-corrected chi connectivity index (χ4v) is 3.23. The largest absolute Gasteiger partial charge is 0.280 e. The van der Waals surface area contributed by atoms with Gasteiger partial charge in [0, 0.05) is 15.2 Å². The van der Waals surface area contributed by atoms with Gasteiger partial charge in [-0.25, -0.2) is 8.42 Å². The molecule has 0 saturated carbocycles. The summed E-state index contributed by atoms with van der Waals surface area (Å²) in [7, 11) is -3.65. The van der Waals surface area contributed by atoms with E-state index < -0.39 is 10.0 Å². The second-order valence-electron chi connectivity index (χ2n) is 3.69. The summed E-state index contributed by atoms with van der Waals surface area (Å²) < 4.78 is 27.3. The van der Waals surface area contributed by atoms with Crippen molar-refractivity contribution in [3.63, 3.8) is 0 Å². The van der Waals surface area contributed by atoms with Gasteiger partial charge in [-0.2, -0.15) is 0 Å². The minimum absolute atomic E-state index is 0.124. The molecule has 0 radical (unpaired) electrons. The van der Waals surface area contributed by atoms with Gasteiger partial charge in [-0.3, -0.25) is 4.72 Å². The zero-order chi connectivity index (χ0) is 14.0. The number of hydrogen-bond donors (Lipinski definition) is 1. The summed E-state index contributed by atoms with van der Waals surface area (Å²) in [5.41, 5.74) is 0.440. The van der Waals surface area contributed by atoms with E-state index in [-0.39, 0.29) is 4.90 Å². The predicted octanol–water partition coefficient (Wildman–Crippen LogP) is 4.56. The van der Waals surface area contributed by atoms with Crippen LogP contribution in [0, 0.1) is 0 Å². The lowest BCUT2D eigenvalue weighted by Crippen LogP contribution is -2.12. The Morgan fingerprint density at radius 1 is 1.00 bits per heavy atom. The van der Waals surface area contributed by atoms with Crippen LogP contribution >= 0.6 is 39.1 Å². The number of anilines is 1. The molecular weight excluding hydrogens is 373 g/mol. The molecule has 2 aromatic rings. The SMILES string of the molecule is O=S(=O)(Nc1ccc(Cl)cc1)c1ccc(Cl)c(Br)c1. The van der Waals surface area contributed by atoms with E-state index in [9.17, 15) is 8.42 Å². The topological polar surface area (TPSA) is 46.2 Å². The van der Waals surface area contributed by atoms with Crippen LogP contribution in [-0.4, -0.2) is 8.42 Å². The Hall–Kier alpha value is -0.750. The third kappa shape index (κ3) is 3.63. The average molecular weight is 381 g/mol. The first-order chi connectivity index (χ1) is 8.88. The van der Waals surface area contributed by atoms with Crippen LogP contribution in [0.1, 0.15) is 0 Å². The van der Waals surface area contributed by atoms with Crippen molar-refractivity contribution in [3.05, 3.63) is 57.0 Å². The van der Waals surface area contributed by atoms with Gasteiger partial charge in [0.1, 0.15) is 0 Å². The van der Waals surface area contributed by atoms with Gasteiger partial charge in [0.15, 0.2) is 0 Å². The van der Waals surface area contributed by atoms with E-state index >= 15 is 0 Å². The van der Waals surface area contributed by atoms with Gasteiger partial charge in [0.05, 0.1) is 9.92 Å². The highest BCUT2D eigenvalue weighted by Crippen LogP contribution is 2.26. The van der Waals surface area contributed by atoms with Crippen molar-refractivity contribution in [2.24, 2.45) is 0 Å². The van der Waals surface area contributed by atoms with Gasteiger partial charge in [-0.05, 0) is 58.4 Å². The molecule has 0 fully saturated rings. The molecule has 0 aliphatic heterocycles. The minimum Gasteiger partial charge on any atom is -0.280 e. The van der Waals surface area contributed by atoms with Crippen molar-refractivity contribution >= 4 is 54.8 Å². The molecular formula is C12H8BrCl2NO2S. The van der Waals surface area contributed by atoms with Crippen molar-refractivity contribution in [2.75, 3.05) is 4.72 Å². The molecule has 0 saturated heterocycles. The maximum atomic E-state index is 12.1. The lowest BCUT2D eigenvalue weighted by atomic mass is 10.3. The van der Waals surface area contributed by atoms with Crippen LogP contribution in [0.5, 0.6) is 0 Å². The van der Waals surface area contributed by atoms with Gasteiger partial charge in [0.2, 0.25) is 0 Å². The normalized spacial score (nSPS) is 11.3. The minimum atomic E-state index is -3.65. The van der Waals surface area contributed by atoms with Crippen molar-refractivity contribution in [1.82, 2.24) is 0 Å². The molecule has 0 aliphatic rings. The van der Waals surface area contributed by atoms with Gasteiger partial charge in [-0.15, -0.1) is 0 Å². The number of halogens is 3. The maximum absolute atomic E-state index is 12.1. The van der Waals surface area contributed by atoms with Crippen LogP contribution in [0.15, 0.2) is 51.8 Å². The third-order valence-electron chi connectivity index (χ3n) is 2.30. The molecule has 19 heavy (non-hydrogen) atoms. The molecule has 0 aliphatic carbocycles. The zero-order valence-electron chi connectivity index (χ0n) is 9.40. The van der Waals surface area contributed by atoms with Crippen molar-refractivity contribution in [1.29, 1.82) is 0 Å². The highest BCUT2D eigenvalue weighted by Gasteiger charge is 2.15. The summed E-state index contributed by atoms with van der Waals surface area (Å²) in [6, 6.07) is 10.8. The molecule has 100 valence electrons. The first kappa shape index (κ1) is 14.7. The van der Waals surface area contributed by atoms with Crippen LogP contribution in [0.25, 0.3) is 0 Å².